The van der Waals surface area contributed by atoms with E-state index in [1.165, 1.54) is 10.8 Å². The normalized spacial score (nSPS) is 16.2. The zero-order valence-corrected chi connectivity index (χ0v) is 23.0. The molecule has 0 fully saturated rings. The van der Waals surface area contributed by atoms with Crippen molar-refractivity contribution in [3.63, 3.8) is 0 Å². The highest BCUT2D eigenvalue weighted by Crippen LogP contribution is 2.45. The number of hydrogen-bond acceptors (Lipinski definition) is 5. The topological polar surface area (TPSA) is 82.6 Å². The summed E-state index contributed by atoms with van der Waals surface area (Å²) < 4.78 is 20.9. The number of hydrogen-bond donors (Lipinski definition) is 1. The molecule has 0 spiro atoms. The molecule has 1 aromatic rings. The predicted molar refractivity (Wildman–Crippen MR) is 127 cm³/mol. The van der Waals surface area contributed by atoms with Crippen LogP contribution in [0, 0.1) is 17.8 Å². The number of aromatic amines is 1. The molecule has 0 saturated heterocycles. The van der Waals surface area contributed by atoms with Crippen molar-refractivity contribution in [3.8, 4) is 0 Å². The van der Waals surface area contributed by atoms with Crippen LogP contribution < -0.4 is 11.2 Å². The van der Waals surface area contributed by atoms with Crippen LogP contribution in [-0.4, -0.2) is 45.9 Å². The molecular formula is C21H42N2O5Si2. The van der Waals surface area contributed by atoms with Gasteiger partial charge in [-0.1, -0.05) is 41.5 Å². The molecule has 0 radical (unpaired) electrons. The van der Waals surface area contributed by atoms with Crippen LogP contribution in [0.25, 0.3) is 0 Å². The monoisotopic (exact) mass is 458 g/mol. The fourth-order valence-electron chi connectivity index (χ4n) is 3.49. The first-order valence-corrected chi connectivity index (χ1v) is 16.3. The van der Waals surface area contributed by atoms with Gasteiger partial charge in [-0.2, -0.15) is 0 Å². The second kappa shape index (κ2) is 10.1. The number of rotatable bonds is 9. The molecule has 174 valence electrons. The maximum absolute atomic E-state index is 12.3. The van der Waals surface area contributed by atoms with Crippen LogP contribution in [0.1, 0.15) is 47.1 Å². The van der Waals surface area contributed by atoms with Gasteiger partial charge < -0.3 is 13.6 Å². The average molecular weight is 459 g/mol. The van der Waals surface area contributed by atoms with Crippen molar-refractivity contribution >= 4 is 18.1 Å². The molecule has 1 rings (SSSR count). The molecule has 30 heavy (non-hydrogen) atoms. The highest BCUT2D eigenvalue weighted by atomic mass is 28.3. The molecule has 0 aliphatic carbocycles. The Kier molecular flexibility index (Phi) is 9.08. The van der Waals surface area contributed by atoms with Crippen LogP contribution in [0.4, 0.5) is 0 Å². The first kappa shape index (κ1) is 27.0. The lowest BCUT2D eigenvalue weighted by molar-refractivity contribution is -0.231. The Hall–Kier alpha value is -1.01. The van der Waals surface area contributed by atoms with Crippen LogP contribution in [0.5, 0.6) is 0 Å². The minimum atomic E-state index is -1.41. The molecule has 1 aromatic heterocycles. The lowest BCUT2D eigenvalue weighted by Crippen LogP contribution is -2.64. The summed E-state index contributed by atoms with van der Waals surface area (Å²) in [6.07, 6.45) is 1.31. The van der Waals surface area contributed by atoms with E-state index in [0.29, 0.717) is 12.2 Å². The molecule has 0 aromatic carbocycles. The van der Waals surface area contributed by atoms with Crippen LogP contribution in [0.3, 0.4) is 0 Å². The summed E-state index contributed by atoms with van der Waals surface area (Å²) in [7, 11) is -2.75. The van der Waals surface area contributed by atoms with Crippen LogP contribution in [-0.2, 0) is 20.3 Å². The molecule has 1 N–H and O–H groups in total. The van der Waals surface area contributed by atoms with E-state index in [1.807, 2.05) is 0 Å². The molecule has 0 aliphatic rings. The van der Waals surface area contributed by atoms with Crippen molar-refractivity contribution < 1.29 is 13.6 Å². The Balaban J connectivity index is 3.55. The van der Waals surface area contributed by atoms with Gasteiger partial charge in [-0.3, -0.25) is 14.3 Å². The second-order valence-electron chi connectivity index (χ2n) is 10.7. The quantitative estimate of drug-likeness (QED) is 0.575. The third kappa shape index (κ3) is 6.75. The number of nitrogens with zero attached hydrogens (tertiary/aromatic N) is 1. The Morgan fingerprint density at radius 1 is 1.03 bits per heavy atom. The standard InChI is InChI=1S/C21H42N2O5Si2/c1-15-12-23(18(25)22-16(15)24)14-26-21(20(5,6)7,13-27-29(8)9)17(19(2,3)4)28-30(10)11/h12,17,29-30H,13-14H2,1-11H3,(H,22,24,25). The molecule has 1 heterocycles. The Morgan fingerprint density at radius 2 is 1.60 bits per heavy atom. The van der Waals surface area contributed by atoms with E-state index in [4.69, 9.17) is 13.6 Å². The summed E-state index contributed by atoms with van der Waals surface area (Å²) in [5, 5.41) is 0. The zero-order chi connectivity index (χ0) is 23.5. The van der Waals surface area contributed by atoms with Gasteiger partial charge in [-0.25, -0.2) is 4.79 Å². The number of aryl methyl sites for hydroxylation is 1. The van der Waals surface area contributed by atoms with E-state index in [2.05, 4.69) is 72.7 Å². The number of H-pyrrole nitrogens is 1. The Morgan fingerprint density at radius 3 is 2.03 bits per heavy atom. The van der Waals surface area contributed by atoms with Gasteiger partial charge in [0.15, 0.2) is 18.1 Å². The van der Waals surface area contributed by atoms with Crippen molar-refractivity contribution in [3.05, 3.63) is 32.6 Å². The smallest absolute Gasteiger partial charge is 0.330 e. The highest BCUT2D eigenvalue weighted by Gasteiger charge is 2.54. The van der Waals surface area contributed by atoms with Gasteiger partial charge in [-0.05, 0) is 43.9 Å². The van der Waals surface area contributed by atoms with Gasteiger partial charge in [0.2, 0.25) is 0 Å². The van der Waals surface area contributed by atoms with Gasteiger partial charge in [-0.15, -0.1) is 0 Å². The summed E-state index contributed by atoms with van der Waals surface area (Å²) in [5.74, 6) is 0. The fourth-order valence-corrected chi connectivity index (χ4v) is 5.25. The maximum Gasteiger partial charge on any atom is 0.330 e. The average Bonchev–Trinajstić information content (AvgIpc) is 2.55. The molecular weight excluding hydrogens is 416 g/mol. The SMILES string of the molecule is Cc1cn(COC(CO[SiH](C)C)(C(O[SiH](C)C)C(C)(C)C)C(C)(C)C)c(=O)[nH]c1=O. The van der Waals surface area contributed by atoms with E-state index < -0.39 is 29.4 Å². The van der Waals surface area contributed by atoms with Crippen molar-refractivity contribution in [1.82, 2.24) is 9.55 Å². The molecule has 7 nitrogen and oxygen atoms in total. The third-order valence-electron chi connectivity index (χ3n) is 5.17. The molecule has 0 amide bonds. The number of nitrogens with one attached hydrogen (secondary N) is 1. The first-order chi connectivity index (χ1) is 13.5. The van der Waals surface area contributed by atoms with Crippen molar-refractivity contribution in [2.45, 2.75) is 93.1 Å². The molecule has 2 unspecified atom stereocenters. The van der Waals surface area contributed by atoms with E-state index >= 15 is 0 Å². The van der Waals surface area contributed by atoms with Crippen molar-refractivity contribution in [2.75, 3.05) is 6.61 Å². The zero-order valence-electron chi connectivity index (χ0n) is 20.7. The van der Waals surface area contributed by atoms with Gasteiger partial charge in [0.25, 0.3) is 5.56 Å². The third-order valence-corrected chi connectivity index (χ3v) is 6.82. The van der Waals surface area contributed by atoms with Gasteiger partial charge in [0, 0.05) is 11.8 Å². The second-order valence-corrected chi connectivity index (χ2v) is 15.5. The summed E-state index contributed by atoms with van der Waals surface area (Å²) in [6.45, 7) is 23.5. The Bertz CT molecular complexity index is 805. The molecule has 0 saturated carbocycles. The summed E-state index contributed by atoms with van der Waals surface area (Å²) in [5.41, 5.74) is -1.74. The number of aromatic nitrogens is 2. The minimum absolute atomic E-state index is 0.00627. The fraction of sp³-hybridized carbons (Fsp3) is 0.810. The summed E-state index contributed by atoms with van der Waals surface area (Å²) in [6, 6.07) is 0. The van der Waals surface area contributed by atoms with E-state index in [9.17, 15) is 9.59 Å². The first-order valence-electron chi connectivity index (χ1n) is 10.7. The minimum Gasteiger partial charge on any atom is -0.418 e. The maximum atomic E-state index is 12.3. The van der Waals surface area contributed by atoms with Gasteiger partial charge in [0.05, 0.1) is 12.7 Å². The van der Waals surface area contributed by atoms with Crippen LogP contribution in [0.15, 0.2) is 15.8 Å². The van der Waals surface area contributed by atoms with Crippen molar-refractivity contribution in [2.24, 2.45) is 10.8 Å². The molecule has 0 bridgehead atoms. The summed E-state index contributed by atoms with van der Waals surface area (Å²) >= 11 is 0. The van der Waals surface area contributed by atoms with Gasteiger partial charge in [0.1, 0.15) is 12.3 Å². The highest BCUT2D eigenvalue weighted by molar-refractivity contribution is 6.48. The van der Waals surface area contributed by atoms with Crippen LogP contribution in [0.2, 0.25) is 26.2 Å². The lowest BCUT2D eigenvalue weighted by Gasteiger charge is -2.54. The van der Waals surface area contributed by atoms with Gasteiger partial charge >= 0.3 is 5.69 Å². The number of ether oxygens (including phenoxy) is 1. The molecule has 2 atom stereocenters. The van der Waals surface area contributed by atoms with E-state index in [-0.39, 0.29) is 29.2 Å². The molecule has 0 aliphatic heterocycles. The van der Waals surface area contributed by atoms with E-state index in [1.54, 1.807) is 6.92 Å². The van der Waals surface area contributed by atoms with E-state index in [0.717, 1.165) is 0 Å². The molecule has 9 heteroatoms. The lowest BCUT2D eigenvalue weighted by atomic mass is 9.66. The van der Waals surface area contributed by atoms with Crippen molar-refractivity contribution in [1.29, 1.82) is 0 Å². The van der Waals surface area contributed by atoms with Crippen LogP contribution >= 0.6 is 0 Å². The Labute approximate surface area is 184 Å². The predicted octanol–water partition coefficient (Wildman–Crippen LogP) is 3.02. The summed E-state index contributed by atoms with van der Waals surface area (Å²) in [4.78, 5) is 26.4. The largest absolute Gasteiger partial charge is 0.418 e.